The first-order valence-electron chi connectivity index (χ1n) is 8.98. The van der Waals surface area contributed by atoms with Crippen LogP contribution < -0.4 is 5.32 Å². The zero-order valence-corrected chi connectivity index (χ0v) is 14.6. The monoisotopic (exact) mass is 332 g/mol. The molecule has 2 fully saturated rings. The van der Waals surface area contributed by atoms with Crippen LogP contribution in [-0.2, 0) is 4.79 Å². The minimum Gasteiger partial charge on any atom is -0.478 e. The predicted molar refractivity (Wildman–Crippen MR) is 94.3 cm³/mol. The molecule has 24 heavy (non-hydrogen) atoms. The van der Waals surface area contributed by atoms with Crippen LogP contribution >= 0.6 is 0 Å². The Hall–Kier alpha value is -1.88. The summed E-state index contributed by atoms with van der Waals surface area (Å²) in [5.74, 6) is -0.511. The number of carboxylic acids is 1. The Bertz CT molecular complexity index is 569. The molecule has 0 spiro atoms. The number of likely N-dealkylation sites (tertiary alicyclic amines) is 1. The predicted octanol–water partition coefficient (Wildman–Crippen LogP) is 2.87. The van der Waals surface area contributed by atoms with E-state index in [9.17, 15) is 9.59 Å². The summed E-state index contributed by atoms with van der Waals surface area (Å²) in [6.45, 7) is 5.92. The van der Waals surface area contributed by atoms with Crippen LogP contribution in [0.15, 0.2) is 24.3 Å². The summed E-state index contributed by atoms with van der Waals surface area (Å²) in [7, 11) is 0. The van der Waals surface area contributed by atoms with Crippen molar-refractivity contribution in [3.8, 4) is 0 Å². The van der Waals surface area contributed by atoms with Crippen LogP contribution in [-0.4, -0.2) is 47.6 Å². The van der Waals surface area contributed by atoms with Crippen LogP contribution in [0, 0.1) is 0 Å². The van der Waals surface area contributed by atoms with Crippen LogP contribution in [0.3, 0.4) is 0 Å². The highest BCUT2D eigenvalue weighted by Gasteiger charge is 2.27. The summed E-state index contributed by atoms with van der Waals surface area (Å²) in [5.41, 5.74) is 1.34. The number of benzene rings is 1. The van der Waals surface area contributed by atoms with E-state index in [0.717, 1.165) is 24.9 Å². The van der Waals surface area contributed by atoms with E-state index in [4.69, 9.17) is 5.11 Å². The Morgan fingerprint density at radius 2 is 2.00 bits per heavy atom. The first-order valence-corrected chi connectivity index (χ1v) is 8.98. The van der Waals surface area contributed by atoms with Crippen molar-refractivity contribution < 1.29 is 14.7 Å². The maximum atomic E-state index is 12.3. The lowest BCUT2D eigenvalue weighted by Gasteiger charge is -2.33. The lowest BCUT2D eigenvalue weighted by atomic mass is 9.89. The van der Waals surface area contributed by atoms with Crippen molar-refractivity contribution in [1.82, 2.24) is 10.2 Å². The molecule has 1 aliphatic heterocycles. The summed E-state index contributed by atoms with van der Waals surface area (Å²) in [6.07, 6.45) is 4.33. The molecule has 1 heterocycles. The molecule has 1 unspecified atom stereocenters. The summed E-state index contributed by atoms with van der Waals surface area (Å²) >= 11 is 0. The molecule has 0 radical (unpaired) electrons. The normalized spacial score (nSPS) is 20.1. The Morgan fingerprint density at radius 1 is 1.25 bits per heavy atom. The summed E-state index contributed by atoms with van der Waals surface area (Å²) < 4.78 is 0. The fourth-order valence-electron chi connectivity index (χ4n) is 3.03. The van der Waals surface area contributed by atoms with Gasteiger partial charge in [-0.2, -0.15) is 0 Å². The molecule has 0 aromatic heterocycles. The van der Waals surface area contributed by atoms with Gasteiger partial charge in [-0.1, -0.05) is 26.0 Å². The second-order valence-electron chi connectivity index (χ2n) is 6.26. The van der Waals surface area contributed by atoms with Crippen LogP contribution in [0.2, 0.25) is 0 Å². The lowest BCUT2D eigenvalue weighted by molar-refractivity contribution is -0.131. The van der Waals surface area contributed by atoms with Crippen LogP contribution in [0.4, 0.5) is 0 Å². The SMILES string of the molecule is CC.O=C(O)c1cccc(C2CCCN(C(=O)CNC3CC3)C2)c1. The lowest BCUT2D eigenvalue weighted by Crippen LogP contribution is -2.43. The van der Waals surface area contributed by atoms with Gasteiger partial charge in [-0.3, -0.25) is 4.79 Å². The van der Waals surface area contributed by atoms with Crippen LogP contribution in [0.25, 0.3) is 0 Å². The summed E-state index contributed by atoms with van der Waals surface area (Å²) in [5, 5.41) is 12.4. The number of piperidine rings is 1. The van der Waals surface area contributed by atoms with E-state index in [-0.39, 0.29) is 11.8 Å². The van der Waals surface area contributed by atoms with Crippen molar-refractivity contribution in [2.24, 2.45) is 0 Å². The van der Waals surface area contributed by atoms with E-state index in [1.54, 1.807) is 18.2 Å². The van der Waals surface area contributed by atoms with Gasteiger partial charge in [0.15, 0.2) is 0 Å². The third-order valence-electron chi connectivity index (χ3n) is 4.50. The van der Waals surface area contributed by atoms with Gasteiger partial charge >= 0.3 is 5.97 Å². The summed E-state index contributed by atoms with van der Waals surface area (Å²) in [4.78, 5) is 25.3. The molecule has 1 saturated carbocycles. The molecular weight excluding hydrogens is 304 g/mol. The number of aromatic carboxylic acids is 1. The molecule has 132 valence electrons. The van der Waals surface area contributed by atoms with Gasteiger partial charge in [0.2, 0.25) is 5.91 Å². The Labute approximate surface area is 144 Å². The van der Waals surface area contributed by atoms with Gasteiger partial charge in [0.05, 0.1) is 12.1 Å². The van der Waals surface area contributed by atoms with E-state index in [1.165, 1.54) is 12.8 Å². The number of hydrogen-bond donors (Lipinski definition) is 2. The maximum Gasteiger partial charge on any atom is 0.335 e. The zero-order chi connectivity index (χ0) is 17.5. The number of amides is 1. The second kappa shape index (κ2) is 8.83. The molecule has 2 aliphatic rings. The fourth-order valence-corrected chi connectivity index (χ4v) is 3.03. The van der Waals surface area contributed by atoms with Gasteiger partial charge in [-0.05, 0) is 43.4 Å². The zero-order valence-electron chi connectivity index (χ0n) is 14.6. The van der Waals surface area contributed by atoms with E-state index in [2.05, 4.69) is 5.32 Å². The van der Waals surface area contributed by atoms with Gasteiger partial charge in [-0.15, -0.1) is 0 Å². The van der Waals surface area contributed by atoms with E-state index in [1.807, 2.05) is 24.8 Å². The third-order valence-corrected chi connectivity index (χ3v) is 4.50. The topological polar surface area (TPSA) is 69.6 Å². The van der Waals surface area contributed by atoms with Gasteiger partial charge in [0.1, 0.15) is 0 Å². The maximum absolute atomic E-state index is 12.3. The van der Waals surface area contributed by atoms with Crippen molar-refractivity contribution in [1.29, 1.82) is 0 Å². The minimum absolute atomic E-state index is 0.158. The third kappa shape index (κ3) is 5.06. The molecule has 0 bridgehead atoms. The fraction of sp³-hybridized carbons (Fsp3) is 0.579. The average Bonchev–Trinajstić information content (AvgIpc) is 3.46. The molecule has 3 rings (SSSR count). The van der Waals surface area contributed by atoms with E-state index >= 15 is 0 Å². The van der Waals surface area contributed by atoms with Crippen molar-refractivity contribution in [3.63, 3.8) is 0 Å². The average molecular weight is 332 g/mol. The van der Waals surface area contributed by atoms with Crippen molar-refractivity contribution in [2.45, 2.75) is 51.5 Å². The van der Waals surface area contributed by atoms with Crippen molar-refractivity contribution in [3.05, 3.63) is 35.4 Å². The molecule has 1 atom stereocenters. The molecule has 1 amide bonds. The van der Waals surface area contributed by atoms with Gasteiger partial charge < -0.3 is 15.3 Å². The second-order valence-corrected chi connectivity index (χ2v) is 6.26. The molecule has 1 saturated heterocycles. The number of nitrogens with zero attached hydrogens (tertiary/aromatic N) is 1. The smallest absolute Gasteiger partial charge is 0.335 e. The number of nitrogens with one attached hydrogen (secondary N) is 1. The van der Waals surface area contributed by atoms with Crippen molar-refractivity contribution >= 4 is 11.9 Å². The molecule has 1 aromatic carbocycles. The van der Waals surface area contributed by atoms with Crippen LogP contribution in [0.1, 0.15) is 61.4 Å². The van der Waals surface area contributed by atoms with E-state index < -0.39 is 5.97 Å². The van der Waals surface area contributed by atoms with Gasteiger partial charge in [0.25, 0.3) is 0 Å². The number of hydrogen-bond acceptors (Lipinski definition) is 3. The number of carbonyl (C=O) groups excluding carboxylic acids is 1. The molecule has 5 heteroatoms. The minimum atomic E-state index is -0.903. The number of carboxylic acid groups (broad SMARTS) is 1. The highest BCUT2D eigenvalue weighted by Crippen LogP contribution is 2.27. The first-order chi connectivity index (χ1) is 11.6. The Balaban J connectivity index is 0.00000100. The first kappa shape index (κ1) is 18.5. The quantitative estimate of drug-likeness (QED) is 0.870. The largest absolute Gasteiger partial charge is 0.478 e. The Kier molecular flexibility index (Phi) is 6.79. The highest BCUT2D eigenvalue weighted by atomic mass is 16.4. The molecule has 5 nitrogen and oxygen atoms in total. The molecular formula is C19H28N2O3. The molecule has 1 aliphatic carbocycles. The molecule has 2 N–H and O–H groups in total. The van der Waals surface area contributed by atoms with Gasteiger partial charge in [-0.25, -0.2) is 4.79 Å². The number of carbonyl (C=O) groups is 2. The van der Waals surface area contributed by atoms with Gasteiger partial charge in [0, 0.05) is 25.0 Å². The van der Waals surface area contributed by atoms with E-state index in [0.29, 0.717) is 24.7 Å². The summed E-state index contributed by atoms with van der Waals surface area (Å²) in [6, 6.07) is 7.64. The number of rotatable bonds is 5. The van der Waals surface area contributed by atoms with Crippen molar-refractivity contribution in [2.75, 3.05) is 19.6 Å². The standard InChI is InChI=1S/C17H22N2O3.C2H6/c20-16(10-18-15-6-7-15)19-8-2-5-14(11-19)12-3-1-4-13(9-12)17(21)22;1-2/h1,3-4,9,14-15,18H,2,5-8,10-11H2,(H,21,22);1-2H3. The highest BCUT2D eigenvalue weighted by molar-refractivity contribution is 5.87. The Morgan fingerprint density at radius 3 is 2.67 bits per heavy atom. The van der Waals surface area contributed by atoms with Crippen LogP contribution in [0.5, 0.6) is 0 Å². The molecule has 1 aromatic rings.